The van der Waals surface area contributed by atoms with E-state index in [1.54, 1.807) is 59.7 Å². The Bertz CT molecular complexity index is 1530. The normalized spacial score (nSPS) is 46.0. The fourth-order valence-corrected chi connectivity index (χ4v) is 9.60. The molecule has 0 aromatic carbocycles. The molecule has 0 unspecified atom stereocenters. The molecule has 4 aliphatic heterocycles. The molecular formula is C46H79NO17. The molecule has 0 aliphatic carbocycles. The van der Waals surface area contributed by atoms with Gasteiger partial charge in [0.15, 0.2) is 24.7 Å². The number of carbonyl (C=O) groups is 2. The average molecular weight is 918 g/mol. The van der Waals surface area contributed by atoms with Crippen molar-refractivity contribution in [3.63, 3.8) is 0 Å². The maximum atomic E-state index is 13.8. The minimum atomic E-state index is -1.48. The molecule has 0 radical (unpaired) electrons. The minimum absolute atomic E-state index is 0.00151. The third-order valence-corrected chi connectivity index (χ3v) is 13.5. The van der Waals surface area contributed by atoms with E-state index in [-0.39, 0.29) is 38.3 Å². The zero-order valence-electron chi connectivity index (χ0n) is 39.9. The van der Waals surface area contributed by atoms with Crippen molar-refractivity contribution in [3.8, 4) is 0 Å². The standard InChI is InChI=1S/C46H79NO17/c1-13-33-30(22-58-45-42(57-12)41(56-11)37(52)26(5)60-45)18-23(2)14-15-31(49)24(3)19-29(16-17-48)39(25(4)32(50)20-34(51)62-33)64-44-38(53)36(47(9)10)40(27(6)61-44)63-35-21-46(8,55)43(54)28(7)59-35/h14-15,18,24-30,32-33,35-45,48,50,52-55H,13,16-17,19-22H2,1-12H3/b15-14+,23-18+/t24-,25+,26-,27-,28+,29+,30+,32+,33+,35-,36-,37-,38-,39+,40-,41+,42-,43+,44+,45-,46+/m0/s1. The van der Waals surface area contributed by atoms with Crippen LogP contribution in [0.4, 0.5) is 0 Å². The van der Waals surface area contributed by atoms with Gasteiger partial charge >= 0.3 is 5.97 Å². The second-order valence-corrected chi connectivity index (χ2v) is 18.9. The average Bonchev–Trinajstić information content (AvgIpc) is 3.23. The Labute approximate surface area is 379 Å². The van der Waals surface area contributed by atoms with Gasteiger partial charge in [-0.2, -0.15) is 0 Å². The van der Waals surface area contributed by atoms with Crippen molar-refractivity contribution >= 4 is 11.8 Å². The molecular weight excluding hydrogens is 838 g/mol. The number of hydrogen-bond acceptors (Lipinski definition) is 18. The lowest BCUT2D eigenvalue weighted by molar-refractivity contribution is -0.342. The van der Waals surface area contributed by atoms with E-state index in [4.69, 9.17) is 42.6 Å². The minimum Gasteiger partial charge on any atom is -0.462 e. The van der Waals surface area contributed by atoms with Crippen LogP contribution in [0.25, 0.3) is 0 Å². The molecule has 0 aromatic heterocycles. The SMILES string of the molecule is CC[C@H]1OC(=O)C[C@@H](O)[C@@H](C)[C@@H](O[C@H]2O[C@@H](C)[C@H](O[C@H]3C[C@@](C)(O)[C@H](O)[C@@H](C)O3)[C@@H](N(C)C)[C@@H]2O)[C@H](CCO)C[C@H](C)C(=O)/C=C/C(C)=C/[C@@H]1CO[C@H]1O[C@@H](C)[C@H](O)[C@@H](OC)[C@@H]1OC. The molecule has 6 N–H and O–H groups in total. The number of likely N-dealkylation sites (N-methyl/N-ethyl adjacent to an activating group) is 1. The topological polar surface area (TPSA) is 242 Å². The van der Waals surface area contributed by atoms with Gasteiger partial charge in [-0.1, -0.05) is 38.5 Å². The zero-order chi connectivity index (χ0) is 47.8. The number of esters is 1. The lowest BCUT2D eigenvalue weighted by atomic mass is 9.79. The van der Waals surface area contributed by atoms with E-state index in [2.05, 4.69) is 0 Å². The smallest absolute Gasteiger partial charge is 0.308 e. The highest BCUT2D eigenvalue weighted by Crippen LogP contribution is 2.38. The number of allylic oxidation sites excluding steroid dienone is 3. The number of aliphatic hydroxyl groups excluding tert-OH is 5. The largest absolute Gasteiger partial charge is 0.462 e. The van der Waals surface area contributed by atoms with Crippen LogP contribution in [0.5, 0.6) is 0 Å². The van der Waals surface area contributed by atoms with E-state index in [1.807, 2.05) is 19.9 Å². The Morgan fingerprint density at radius 1 is 0.844 bits per heavy atom. The monoisotopic (exact) mass is 918 g/mol. The summed E-state index contributed by atoms with van der Waals surface area (Å²) in [7, 11) is 6.47. The fraction of sp³-hybridized carbons (Fsp3) is 0.870. The van der Waals surface area contributed by atoms with E-state index in [0.717, 1.165) is 0 Å². The molecule has 0 spiro atoms. The molecule has 21 atom stereocenters. The highest BCUT2D eigenvalue weighted by molar-refractivity contribution is 5.91. The molecule has 370 valence electrons. The number of carbonyl (C=O) groups excluding carboxylic acids is 2. The van der Waals surface area contributed by atoms with Crippen molar-refractivity contribution in [1.29, 1.82) is 0 Å². The Morgan fingerprint density at radius 2 is 1.50 bits per heavy atom. The molecule has 0 saturated carbocycles. The molecule has 64 heavy (non-hydrogen) atoms. The first kappa shape index (κ1) is 54.6. The molecule has 4 aliphatic rings. The Hall–Kier alpha value is -1.98. The maximum Gasteiger partial charge on any atom is 0.308 e. The van der Waals surface area contributed by atoms with Gasteiger partial charge in [0, 0.05) is 45.0 Å². The molecule has 3 fully saturated rings. The summed E-state index contributed by atoms with van der Waals surface area (Å²) in [6, 6.07) is -0.728. The second-order valence-electron chi connectivity index (χ2n) is 18.9. The summed E-state index contributed by atoms with van der Waals surface area (Å²) < 4.78 is 54.8. The molecule has 0 bridgehead atoms. The number of nitrogens with zero attached hydrogens (tertiary/aromatic N) is 1. The van der Waals surface area contributed by atoms with Gasteiger partial charge < -0.3 is 78.2 Å². The van der Waals surface area contributed by atoms with Crippen molar-refractivity contribution in [2.75, 3.05) is 41.5 Å². The van der Waals surface area contributed by atoms with Crippen LogP contribution in [0.1, 0.15) is 87.5 Å². The molecule has 0 amide bonds. The number of ketones is 1. The number of rotatable bonds is 13. The molecule has 4 heterocycles. The predicted molar refractivity (Wildman–Crippen MR) is 231 cm³/mol. The van der Waals surface area contributed by atoms with Gasteiger partial charge in [0.1, 0.15) is 42.7 Å². The third-order valence-electron chi connectivity index (χ3n) is 13.5. The van der Waals surface area contributed by atoms with Crippen LogP contribution < -0.4 is 0 Å². The van der Waals surface area contributed by atoms with Gasteiger partial charge in [-0.3, -0.25) is 9.59 Å². The highest BCUT2D eigenvalue weighted by atomic mass is 16.7. The molecule has 3 saturated heterocycles. The van der Waals surface area contributed by atoms with Crippen molar-refractivity contribution in [1.82, 2.24) is 4.90 Å². The molecule has 18 nitrogen and oxygen atoms in total. The second kappa shape index (κ2) is 24.3. The summed E-state index contributed by atoms with van der Waals surface area (Å²) in [5.41, 5.74) is -0.782. The molecule has 18 heteroatoms. The zero-order valence-corrected chi connectivity index (χ0v) is 39.9. The van der Waals surface area contributed by atoms with Gasteiger partial charge in [0.05, 0.1) is 55.2 Å². The summed E-state index contributed by atoms with van der Waals surface area (Å²) in [4.78, 5) is 29.3. The van der Waals surface area contributed by atoms with Crippen LogP contribution in [0, 0.1) is 23.7 Å². The Morgan fingerprint density at radius 3 is 2.09 bits per heavy atom. The van der Waals surface area contributed by atoms with E-state index in [0.29, 0.717) is 12.0 Å². The fourth-order valence-electron chi connectivity index (χ4n) is 9.60. The number of methoxy groups -OCH3 is 2. The first-order chi connectivity index (χ1) is 30.1. The maximum absolute atomic E-state index is 13.8. The van der Waals surface area contributed by atoms with Crippen LogP contribution in [-0.2, 0) is 52.2 Å². The first-order valence-corrected chi connectivity index (χ1v) is 22.8. The van der Waals surface area contributed by atoms with Gasteiger partial charge in [-0.05, 0) is 80.0 Å². The van der Waals surface area contributed by atoms with E-state index in [1.165, 1.54) is 27.2 Å². The number of cyclic esters (lactones) is 1. The first-order valence-electron chi connectivity index (χ1n) is 22.8. The summed E-state index contributed by atoms with van der Waals surface area (Å²) in [6.45, 7) is 13.5. The quantitative estimate of drug-likeness (QED) is 0.144. The van der Waals surface area contributed by atoms with Crippen molar-refractivity contribution in [2.24, 2.45) is 23.7 Å². The van der Waals surface area contributed by atoms with Crippen LogP contribution in [0.15, 0.2) is 23.8 Å². The van der Waals surface area contributed by atoms with Crippen molar-refractivity contribution in [2.45, 2.75) is 191 Å². The van der Waals surface area contributed by atoms with E-state index < -0.39 is 140 Å². The van der Waals surface area contributed by atoms with E-state index in [9.17, 15) is 40.2 Å². The van der Waals surface area contributed by atoms with Crippen molar-refractivity contribution < 1.29 is 82.9 Å². The van der Waals surface area contributed by atoms with Gasteiger partial charge in [0.2, 0.25) is 0 Å². The van der Waals surface area contributed by atoms with Gasteiger partial charge in [-0.25, -0.2) is 0 Å². The summed E-state index contributed by atoms with van der Waals surface area (Å²) >= 11 is 0. The predicted octanol–water partition coefficient (Wildman–Crippen LogP) is 1.63. The molecule has 0 aromatic rings. The number of aliphatic hydroxyl groups is 6. The Balaban J connectivity index is 1.62. The molecule has 4 rings (SSSR count). The van der Waals surface area contributed by atoms with E-state index >= 15 is 0 Å². The third kappa shape index (κ3) is 13.6. The lowest BCUT2D eigenvalue weighted by Crippen LogP contribution is -2.65. The number of hydrogen-bond donors (Lipinski definition) is 6. The van der Waals surface area contributed by atoms with Crippen LogP contribution in [-0.4, -0.2) is 193 Å². The van der Waals surface area contributed by atoms with Gasteiger partial charge in [-0.15, -0.1) is 0 Å². The highest BCUT2D eigenvalue weighted by Gasteiger charge is 2.52. The Kier molecular flexibility index (Phi) is 20.8. The summed E-state index contributed by atoms with van der Waals surface area (Å²) in [5.74, 6) is -3.31. The van der Waals surface area contributed by atoms with Crippen LogP contribution >= 0.6 is 0 Å². The van der Waals surface area contributed by atoms with Crippen LogP contribution in [0.2, 0.25) is 0 Å². The summed E-state index contributed by atoms with van der Waals surface area (Å²) in [5, 5.41) is 66.2. The van der Waals surface area contributed by atoms with Crippen LogP contribution in [0.3, 0.4) is 0 Å². The van der Waals surface area contributed by atoms with Gasteiger partial charge in [0.25, 0.3) is 0 Å². The lowest BCUT2D eigenvalue weighted by Gasteiger charge is -2.50. The summed E-state index contributed by atoms with van der Waals surface area (Å²) in [6.07, 6.45) is -8.52. The number of ether oxygens (including phenoxy) is 9. The van der Waals surface area contributed by atoms with Crippen molar-refractivity contribution in [3.05, 3.63) is 23.8 Å².